The van der Waals surface area contributed by atoms with Crippen molar-refractivity contribution in [1.82, 2.24) is 8.97 Å². The number of hydrogen-bond acceptors (Lipinski definition) is 2. The molecule has 0 spiro atoms. The first kappa shape index (κ1) is 18.9. The highest BCUT2D eigenvalue weighted by atomic mass is 19.1. The largest absolute Gasteiger partial charge is 0.326 e. The molecule has 5 nitrogen and oxygen atoms in total. The lowest BCUT2D eigenvalue weighted by atomic mass is 10.1. The Bertz CT molecular complexity index is 1240. The minimum atomic E-state index is -0.398. The van der Waals surface area contributed by atoms with Crippen LogP contribution in [0.25, 0.3) is 16.6 Å². The van der Waals surface area contributed by atoms with Crippen molar-refractivity contribution in [2.75, 3.05) is 5.32 Å². The Morgan fingerprint density at radius 3 is 2.59 bits per heavy atom. The van der Waals surface area contributed by atoms with Crippen molar-refractivity contribution in [1.29, 1.82) is 0 Å². The molecule has 4 aromatic rings. The summed E-state index contributed by atoms with van der Waals surface area (Å²) in [7, 11) is 0. The Labute approximate surface area is 167 Å². The minimum absolute atomic E-state index is 0.110. The molecule has 2 aromatic heterocycles. The number of carbonyl (C=O) groups is 1. The molecule has 0 aliphatic heterocycles. The van der Waals surface area contributed by atoms with E-state index in [4.69, 9.17) is 0 Å². The van der Waals surface area contributed by atoms with Crippen LogP contribution in [0, 0.1) is 5.82 Å². The molecule has 0 radical (unpaired) electrons. The molecule has 0 bridgehead atoms. The second-order valence-corrected chi connectivity index (χ2v) is 7.06. The Hall–Kier alpha value is -3.41. The fourth-order valence-electron chi connectivity index (χ4n) is 3.60. The predicted molar refractivity (Wildman–Crippen MR) is 113 cm³/mol. The van der Waals surface area contributed by atoms with Gasteiger partial charge in [0.2, 0.25) is 5.91 Å². The quantitative estimate of drug-likeness (QED) is 0.530. The number of aromatic nitrogens is 2. The van der Waals surface area contributed by atoms with E-state index in [1.165, 1.54) is 17.7 Å². The van der Waals surface area contributed by atoms with Crippen LogP contribution in [-0.4, -0.2) is 14.9 Å². The second-order valence-electron chi connectivity index (χ2n) is 7.06. The van der Waals surface area contributed by atoms with Gasteiger partial charge < -0.3 is 14.3 Å². The summed E-state index contributed by atoms with van der Waals surface area (Å²) >= 11 is 0. The van der Waals surface area contributed by atoms with E-state index in [1.807, 2.05) is 24.3 Å². The molecule has 0 saturated carbocycles. The molecule has 4 rings (SSSR count). The topological polar surface area (TPSA) is 55.5 Å². The summed E-state index contributed by atoms with van der Waals surface area (Å²) in [5.41, 5.74) is 3.59. The van der Waals surface area contributed by atoms with Crippen LogP contribution in [-0.2, 0) is 17.8 Å². The molecule has 1 amide bonds. The van der Waals surface area contributed by atoms with E-state index in [9.17, 15) is 14.0 Å². The second kappa shape index (κ2) is 7.91. The molecule has 0 aliphatic rings. The van der Waals surface area contributed by atoms with Crippen molar-refractivity contribution in [2.24, 2.45) is 0 Å². The lowest BCUT2D eigenvalue weighted by Crippen LogP contribution is -2.23. The third kappa shape index (κ3) is 3.78. The normalized spacial score (nSPS) is 11.2. The van der Waals surface area contributed by atoms with Crippen molar-refractivity contribution in [3.8, 4) is 0 Å². The zero-order valence-electron chi connectivity index (χ0n) is 16.2. The van der Waals surface area contributed by atoms with Crippen LogP contribution in [0.4, 0.5) is 10.1 Å². The van der Waals surface area contributed by atoms with Gasteiger partial charge in [-0.25, -0.2) is 4.39 Å². The first-order chi connectivity index (χ1) is 14.1. The molecule has 2 heterocycles. The first-order valence-corrected chi connectivity index (χ1v) is 9.75. The fourth-order valence-corrected chi connectivity index (χ4v) is 3.60. The van der Waals surface area contributed by atoms with Crippen molar-refractivity contribution in [3.05, 3.63) is 82.5 Å². The summed E-state index contributed by atoms with van der Waals surface area (Å²) < 4.78 is 17.1. The average Bonchev–Trinajstić information content (AvgIpc) is 3.21. The predicted octanol–water partition coefficient (Wildman–Crippen LogP) is 4.37. The number of hydrogen-bond donors (Lipinski definition) is 1. The fraction of sp³-hybridized carbons (Fsp3) is 0.217. The first-order valence-electron chi connectivity index (χ1n) is 9.75. The zero-order chi connectivity index (χ0) is 20.4. The highest BCUT2D eigenvalue weighted by molar-refractivity contribution is 5.90. The molecule has 0 aliphatic carbocycles. The van der Waals surface area contributed by atoms with Crippen molar-refractivity contribution in [2.45, 2.75) is 32.7 Å². The van der Waals surface area contributed by atoms with Crippen LogP contribution in [0.5, 0.6) is 0 Å². The van der Waals surface area contributed by atoms with Gasteiger partial charge in [-0.3, -0.25) is 9.59 Å². The third-order valence-electron chi connectivity index (χ3n) is 5.13. The zero-order valence-corrected chi connectivity index (χ0v) is 16.2. The number of anilines is 1. The number of nitrogens with zero attached hydrogens (tertiary/aromatic N) is 2. The maximum absolute atomic E-state index is 13.8. The van der Waals surface area contributed by atoms with Gasteiger partial charge in [0.05, 0.1) is 11.0 Å². The number of fused-ring (bicyclic) bond motifs is 3. The molecule has 29 heavy (non-hydrogen) atoms. The van der Waals surface area contributed by atoms with Crippen LogP contribution in [0.1, 0.15) is 25.3 Å². The lowest BCUT2D eigenvalue weighted by Gasteiger charge is -2.13. The summed E-state index contributed by atoms with van der Waals surface area (Å²) in [5.74, 6) is -0.507. The van der Waals surface area contributed by atoms with Crippen LogP contribution < -0.4 is 10.9 Å². The number of halogens is 1. The summed E-state index contributed by atoms with van der Waals surface area (Å²) in [4.78, 5) is 25.1. The SMILES string of the molecule is CCc1ccc(NC(=O)CCCn2c(=O)c3cccn3c3ccc(F)cc32)cc1. The number of carbonyl (C=O) groups excluding carboxylic acids is 1. The van der Waals surface area contributed by atoms with Crippen LogP contribution in [0.2, 0.25) is 0 Å². The maximum atomic E-state index is 13.8. The molecular weight excluding hydrogens is 369 g/mol. The molecular formula is C23H22FN3O2. The van der Waals surface area contributed by atoms with Gasteiger partial charge in [0.25, 0.3) is 5.56 Å². The summed E-state index contributed by atoms with van der Waals surface area (Å²) in [5, 5.41) is 2.88. The van der Waals surface area contributed by atoms with Gasteiger partial charge in [-0.1, -0.05) is 19.1 Å². The highest BCUT2D eigenvalue weighted by Gasteiger charge is 2.12. The molecule has 6 heteroatoms. The van der Waals surface area contributed by atoms with Crippen LogP contribution in [0.15, 0.2) is 65.6 Å². The van der Waals surface area contributed by atoms with Crippen LogP contribution in [0.3, 0.4) is 0 Å². The van der Waals surface area contributed by atoms with E-state index in [0.717, 1.165) is 17.6 Å². The minimum Gasteiger partial charge on any atom is -0.326 e. The van der Waals surface area contributed by atoms with Crippen LogP contribution >= 0.6 is 0 Å². The number of nitrogens with one attached hydrogen (secondary N) is 1. The molecule has 148 valence electrons. The molecule has 0 fully saturated rings. The Balaban J connectivity index is 1.51. The summed E-state index contributed by atoms with van der Waals surface area (Å²) in [6.45, 7) is 2.42. The van der Waals surface area contributed by atoms with E-state index < -0.39 is 5.82 Å². The number of rotatable bonds is 6. The van der Waals surface area contributed by atoms with Gasteiger partial charge >= 0.3 is 0 Å². The molecule has 1 N–H and O–H groups in total. The Kier molecular flexibility index (Phi) is 5.16. The standard InChI is InChI=1S/C23H22FN3O2/c1-2-16-7-10-18(11-8-16)25-22(28)6-4-14-27-21-15-17(24)9-12-19(21)26-13-3-5-20(26)23(27)29/h3,5,7-13,15H,2,4,6,14H2,1H3,(H,25,28). The van der Waals surface area contributed by atoms with Gasteiger partial charge in [-0.15, -0.1) is 0 Å². The van der Waals surface area contributed by atoms with Gasteiger partial charge in [0.15, 0.2) is 0 Å². The van der Waals surface area contributed by atoms with Crippen molar-refractivity contribution in [3.63, 3.8) is 0 Å². The third-order valence-corrected chi connectivity index (χ3v) is 5.13. The lowest BCUT2D eigenvalue weighted by molar-refractivity contribution is -0.116. The summed E-state index contributed by atoms with van der Waals surface area (Å²) in [6.07, 6.45) is 3.48. The molecule has 0 saturated heterocycles. The Morgan fingerprint density at radius 1 is 1.03 bits per heavy atom. The van der Waals surface area contributed by atoms with E-state index in [-0.39, 0.29) is 17.9 Å². The smallest absolute Gasteiger partial charge is 0.275 e. The molecule has 0 unspecified atom stereocenters. The van der Waals surface area contributed by atoms with Gasteiger partial charge in [-0.05, 0) is 60.9 Å². The van der Waals surface area contributed by atoms with Gasteiger partial charge in [0.1, 0.15) is 11.3 Å². The van der Waals surface area contributed by atoms with E-state index in [1.54, 1.807) is 33.4 Å². The van der Waals surface area contributed by atoms with Crippen molar-refractivity contribution < 1.29 is 9.18 Å². The monoisotopic (exact) mass is 391 g/mol. The average molecular weight is 391 g/mol. The summed E-state index contributed by atoms with van der Waals surface area (Å²) in [6, 6.07) is 15.7. The molecule has 2 aromatic carbocycles. The van der Waals surface area contributed by atoms with Gasteiger partial charge in [0, 0.05) is 24.8 Å². The van der Waals surface area contributed by atoms with E-state index >= 15 is 0 Å². The van der Waals surface area contributed by atoms with E-state index in [0.29, 0.717) is 24.0 Å². The number of aryl methyl sites for hydroxylation is 2. The Morgan fingerprint density at radius 2 is 1.83 bits per heavy atom. The molecule has 0 atom stereocenters. The van der Waals surface area contributed by atoms with E-state index in [2.05, 4.69) is 12.2 Å². The van der Waals surface area contributed by atoms with Crippen molar-refractivity contribution >= 4 is 28.1 Å². The maximum Gasteiger partial charge on any atom is 0.275 e. The highest BCUT2D eigenvalue weighted by Crippen LogP contribution is 2.17. The number of amides is 1. The van der Waals surface area contributed by atoms with Gasteiger partial charge in [-0.2, -0.15) is 0 Å². The number of benzene rings is 2.